The topological polar surface area (TPSA) is 50.1 Å². The van der Waals surface area contributed by atoms with E-state index >= 15 is 0 Å². The number of carbonyl (C=O) groups is 1. The number of rotatable bonds is 2. The van der Waals surface area contributed by atoms with Crippen molar-refractivity contribution in [3.63, 3.8) is 0 Å². The summed E-state index contributed by atoms with van der Waals surface area (Å²) in [6.45, 7) is 2.85. The van der Waals surface area contributed by atoms with Gasteiger partial charge < -0.3 is 4.74 Å². The molecule has 0 rings (SSSR count). The Bertz CT molecular complexity index is 161. The third-order valence-electron chi connectivity index (χ3n) is 0.797. The van der Waals surface area contributed by atoms with Crippen LogP contribution >= 0.6 is 0 Å². The molecule has 0 aromatic rings. The van der Waals surface area contributed by atoms with E-state index in [0.29, 0.717) is 0 Å². The molecule has 0 fully saturated rings. The van der Waals surface area contributed by atoms with E-state index in [9.17, 15) is 4.79 Å². The predicted molar refractivity (Wildman–Crippen MR) is 37.0 cm³/mol. The van der Waals surface area contributed by atoms with Crippen LogP contribution < -0.4 is 5.73 Å². The van der Waals surface area contributed by atoms with E-state index in [0.717, 1.165) is 0 Å². The summed E-state index contributed by atoms with van der Waals surface area (Å²) in [5, 5.41) is 0. The smallest absolute Gasteiger partial charge is 0.328 e. The Hall–Kier alpha value is -1.01. The van der Waals surface area contributed by atoms with Gasteiger partial charge in [0.2, 0.25) is 0 Å². The zero-order valence-corrected chi connectivity index (χ0v) is 6.10. The van der Waals surface area contributed by atoms with Crippen molar-refractivity contribution >= 4 is 5.97 Å². The van der Waals surface area contributed by atoms with Gasteiger partial charge in [-0.1, -0.05) is 5.92 Å². The first kappa shape index (κ1) is 8.99. The summed E-state index contributed by atoms with van der Waals surface area (Å²) in [7, 11) is 0. The summed E-state index contributed by atoms with van der Waals surface area (Å²) < 4.78 is 4.49. The molecule has 0 unspecified atom stereocenters. The fraction of sp³-hybridized carbons (Fsp3) is 0.571. The van der Waals surface area contributed by atoms with Gasteiger partial charge in [-0.3, -0.25) is 0 Å². The summed E-state index contributed by atoms with van der Waals surface area (Å²) >= 11 is 0. The first-order valence-corrected chi connectivity index (χ1v) is 2.84. The molecule has 1 N–H and O–H groups in total. The maximum atomic E-state index is 10.7. The standard InChI is InChI=1S/C7H10NO2/c1-4-5-10-6(9)7(2,3)8/h1,8H,5H2,2-3H3. The Balaban J connectivity index is 3.78. The van der Waals surface area contributed by atoms with Gasteiger partial charge in [-0.2, -0.15) is 0 Å². The minimum atomic E-state index is -1.20. The maximum absolute atomic E-state index is 10.7. The van der Waals surface area contributed by atoms with E-state index in [1.165, 1.54) is 13.8 Å². The Morgan fingerprint density at radius 1 is 1.80 bits per heavy atom. The van der Waals surface area contributed by atoms with Gasteiger partial charge in [-0.15, -0.1) is 6.42 Å². The predicted octanol–water partition coefficient (Wildman–Crippen LogP) is 0.224. The number of esters is 1. The summed E-state index contributed by atoms with van der Waals surface area (Å²) in [5.41, 5.74) is 5.98. The van der Waals surface area contributed by atoms with Crippen molar-refractivity contribution in [3.05, 3.63) is 0 Å². The second kappa shape index (κ2) is 3.23. The number of nitrogens with one attached hydrogen (secondary N) is 1. The van der Waals surface area contributed by atoms with Crippen molar-refractivity contribution in [1.29, 1.82) is 0 Å². The second-order valence-electron chi connectivity index (χ2n) is 2.41. The molecule has 3 nitrogen and oxygen atoms in total. The molecule has 0 aliphatic rings. The van der Waals surface area contributed by atoms with Gasteiger partial charge in [-0.05, 0) is 13.8 Å². The number of hydrogen-bond donors (Lipinski definition) is 0. The molecule has 0 heterocycles. The van der Waals surface area contributed by atoms with E-state index < -0.39 is 11.5 Å². The van der Waals surface area contributed by atoms with Crippen molar-refractivity contribution in [1.82, 2.24) is 5.73 Å². The summed E-state index contributed by atoms with van der Waals surface area (Å²) in [5.74, 6) is 1.55. The largest absolute Gasteiger partial charge is 0.451 e. The normalized spacial score (nSPS) is 10.2. The van der Waals surface area contributed by atoms with E-state index in [4.69, 9.17) is 12.2 Å². The molecule has 3 heteroatoms. The lowest BCUT2D eigenvalue weighted by Crippen LogP contribution is -2.34. The van der Waals surface area contributed by atoms with Crippen molar-refractivity contribution in [2.45, 2.75) is 19.4 Å². The van der Waals surface area contributed by atoms with E-state index in [1.807, 2.05) is 0 Å². The van der Waals surface area contributed by atoms with Crippen molar-refractivity contribution in [2.24, 2.45) is 0 Å². The number of hydrogen-bond acceptors (Lipinski definition) is 2. The van der Waals surface area contributed by atoms with Crippen LogP contribution in [0.1, 0.15) is 13.8 Å². The lowest BCUT2D eigenvalue weighted by molar-refractivity contribution is -0.147. The van der Waals surface area contributed by atoms with Gasteiger partial charge in [0.1, 0.15) is 5.54 Å². The Kier molecular flexibility index (Phi) is 2.91. The van der Waals surface area contributed by atoms with Crippen LogP contribution in [0.15, 0.2) is 0 Å². The van der Waals surface area contributed by atoms with E-state index in [1.54, 1.807) is 0 Å². The van der Waals surface area contributed by atoms with Crippen LogP contribution in [0.3, 0.4) is 0 Å². The Morgan fingerprint density at radius 2 is 2.30 bits per heavy atom. The highest BCUT2D eigenvalue weighted by Crippen LogP contribution is 2.01. The van der Waals surface area contributed by atoms with Crippen LogP contribution in [0.25, 0.3) is 0 Å². The SMILES string of the molecule is C#CCOC(=O)C(C)(C)[NH]. The molecule has 0 amide bonds. The highest BCUT2D eigenvalue weighted by molar-refractivity contribution is 5.79. The Morgan fingerprint density at radius 3 is 2.60 bits per heavy atom. The summed E-state index contributed by atoms with van der Waals surface area (Å²) in [6.07, 6.45) is 4.83. The van der Waals surface area contributed by atoms with E-state index in [2.05, 4.69) is 10.7 Å². The lowest BCUT2D eigenvalue weighted by Gasteiger charge is -2.13. The molecule has 0 aromatic heterocycles. The average Bonchev–Trinajstić information content (AvgIpc) is 1.80. The maximum Gasteiger partial charge on any atom is 0.328 e. The van der Waals surface area contributed by atoms with Crippen molar-refractivity contribution in [3.8, 4) is 12.3 Å². The highest BCUT2D eigenvalue weighted by Gasteiger charge is 2.24. The van der Waals surface area contributed by atoms with Gasteiger partial charge in [-0.25, -0.2) is 10.5 Å². The summed E-state index contributed by atoms with van der Waals surface area (Å²) in [6, 6.07) is 0. The second-order valence-corrected chi connectivity index (χ2v) is 2.41. The third-order valence-corrected chi connectivity index (χ3v) is 0.797. The molecule has 0 aliphatic carbocycles. The number of ether oxygens (including phenoxy) is 1. The van der Waals surface area contributed by atoms with Crippen LogP contribution in [0.5, 0.6) is 0 Å². The van der Waals surface area contributed by atoms with Gasteiger partial charge in [0.25, 0.3) is 0 Å². The van der Waals surface area contributed by atoms with Crippen LogP contribution in [0.2, 0.25) is 0 Å². The van der Waals surface area contributed by atoms with Gasteiger partial charge in [0.15, 0.2) is 6.61 Å². The van der Waals surface area contributed by atoms with E-state index in [-0.39, 0.29) is 6.61 Å². The highest BCUT2D eigenvalue weighted by atomic mass is 16.5. The molecule has 0 aliphatic heterocycles. The number of terminal acetylenes is 1. The van der Waals surface area contributed by atoms with Gasteiger partial charge in [0, 0.05) is 0 Å². The van der Waals surface area contributed by atoms with Crippen LogP contribution in [-0.2, 0) is 9.53 Å². The molecule has 0 spiro atoms. The van der Waals surface area contributed by atoms with Crippen molar-refractivity contribution < 1.29 is 9.53 Å². The van der Waals surface area contributed by atoms with Crippen LogP contribution in [0.4, 0.5) is 0 Å². The van der Waals surface area contributed by atoms with Crippen LogP contribution in [0, 0.1) is 12.3 Å². The zero-order valence-electron chi connectivity index (χ0n) is 6.10. The van der Waals surface area contributed by atoms with Gasteiger partial charge >= 0.3 is 5.97 Å². The molecule has 0 bridgehead atoms. The molecule has 10 heavy (non-hydrogen) atoms. The summed E-state index contributed by atoms with van der Waals surface area (Å²) in [4.78, 5) is 10.7. The quantitative estimate of drug-likeness (QED) is 0.407. The fourth-order valence-corrected chi connectivity index (χ4v) is 0.288. The minimum Gasteiger partial charge on any atom is -0.451 e. The first-order valence-electron chi connectivity index (χ1n) is 2.84. The van der Waals surface area contributed by atoms with Crippen molar-refractivity contribution in [2.75, 3.05) is 6.61 Å². The minimum absolute atomic E-state index is 0.0544. The molecule has 1 radical (unpaired) electrons. The molecular formula is C7H10NO2. The average molecular weight is 140 g/mol. The fourth-order valence-electron chi connectivity index (χ4n) is 0.288. The van der Waals surface area contributed by atoms with Crippen LogP contribution in [-0.4, -0.2) is 18.1 Å². The number of carbonyl (C=O) groups excluding carboxylic acids is 1. The van der Waals surface area contributed by atoms with Gasteiger partial charge in [0.05, 0.1) is 0 Å². The molecule has 0 atom stereocenters. The third kappa shape index (κ3) is 3.10. The molecule has 0 saturated carbocycles. The molecular weight excluding hydrogens is 130 g/mol. The first-order chi connectivity index (χ1) is 4.48. The molecule has 0 saturated heterocycles. The molecule has 0 aromatic carbocycles. The zero-order chi connectivity index (χ0) is 8.20. The monoisotopic (exact) mass is 140 g/mol. The Labute approximate surface area is 60.5 Å². The lowest BCUT2D eigenvalue weighted by atomic mass is 10.1. The molecule has 55 valence electrons.